The van der Waals surface area contributed by atoms with Gasteiger partial charge in [-0.1, -0.05) is 0 Å². The fourth-order valence-electron chi connectivity index (χ4n) is 1.92. The molecule has 0 aliphatic heterocycles. The summed E-state index contributed by atoms with van der Waals surface area (Å²) in [7, 11) is -2.02. The van der Waals surface area contributed by atoms with Crippen molar-refractivity contribution >= 4 is 27.3 Å². The van der Waals surface area contributed by atoms with E-state index in [2.05, 4.69) is 5.32 Å². The van der Waals surface area contributed by atoms with Crippen LogP contribution in [-0.4, -0.2) is 33.6 Å². The average Bonchev–Trinajstić information content (AvgIpc) is 2.70. The molecule has 0 atom stereocenters. The number of hydrogen-bond donors (Lipinski definition) is 2. The fraction of sp³-hybridized carbons (Fsp3) is 0.545. The maximum atomic E-state index is 11.7. The number of carbonyl (C=O) groups excluding carboxylic acids is 1. The Labute approximate surface area is 116 Å². The first-order valence-corrected chi connectivity index (χ1v) is 8.18. The van der Waals surface area contributed by atoms with E-state index in [0.29, 0.717) is 4.88 Å². The summed E-state index contributed by atoms with van der Waals surface area (Å²) >= 11 is 1.03. The first-order valence-electron chi connectivity index (χ1n) is 5.82. The zero-order valence-corrected chi connectivity index (χ0v) is 12.1. The van der Waals surface area contributed by atoms with E-state index in [9.17, 15) is 13.2 Å². The van der Waals surface area contributed by atoms with Gasteiger partial charge in [-0.3, -0.25) is 4.79 Å². The van der Waals surface area contributed by atoms with Crippen LogP contribution in [-0.2, 0) is 26.0 Å². The van der Waals surface area contributed by atoms with Crippen molar-refractivity contribution < 1.29 is 17.9 Å². The van der Waals surface area contributed by atoms with Gasteiger partial charge in [0.2, 0.25) is 15.9 Å². The fourth-order valence-corrected chi connectivity index (χ4v) is 3.70. The predicted octanol–water partition coefficient (Wildman–Crippen LogP) is 0.232. The largest absolute Gasteiger partial charge is 0.381 e. The minimum absolute atomic E-state index is 0.0818. The summed E-state index contributed by atoms with van der Waals surface area (Å²) in [6.07, 6.45) is 2.07. The Morgan fingerprint density at radius 3 is 2.74 bits per heavy atom. The highest BCUT2D eigenvalue weighted by molar-refractivity contribution is 7.91. The first-order chi connectivity index (χ1) is 8.88. The second-order valence-corrected chi connectivity index (χ2v) is 7.49. The van der Waals surface area contributed by atoms with E-state index < -0.39 is 10.0 Å². The molecule has 8 heteroatoms. The van der Waals surface area contributed by atoms with E-state index in [-0.39, 0.29) is 28.7 Å². The molecule has 1 aliphatic rings. The maximum absolute atomic E-state index is 11.7. The molecule has 0 bridgehead atoms. The molecule has 1 fully saturated rings. The maximum Gasteiger partial charge on any atom is 0.247 e. The Balaban J connectivity index is 1.84. The summed E-state index contributed by atoms with van der Waals surface area (Å²) in [5.74, 6) is -0.109. The van der Waals surface area contributed by atoms with Gasteiger partial charge in [-0.15, -0.1) is 11.3 Å². The monoisotopic (exact) mass is 304 g/mol. The normalized spacial score (nSPS) is 22.8. The van der Waals surface area contributed by atoms with E-state index in [1.807, 2.05) is 0 Å². The van der Waals surface area contributed by atoms with Crippen LogP contribution in [0, 0.1) is 0 Å². The number of rotatable bonds is 5. The number of carbonyl (C=O) groups is 1. The lowest BCUT2D eigenvalue weighted by Crippen LogP contribution is -2.47. The van der Waals surface area contributed by atoms with Crippen molar-refractivity contribution in [1.82, 2.24) is 5.32 Å². The van der Waals surface area contributed by atoms with E-state index in [1.165, 1.54) is 6.07 Å². The molecule has 0 unspecified atom stereocenters. The average molecular weight is 304 g/mol. The number of ether oxygens (including phenoxy) is 1. The summed E-state index contributed by atoms with van der Waals surface area (Å²) in [5.41, 5.74) is 0. The number of nitrogens with two attached hydrogens (primary N) is 1. The molecule has 0 radical (unpaired) electrons. The Bertz CT molecular complexity index is 561. The topological polar surface area (TPSA) is 98.5 Å². The number of amides is 1. The quantitative estimate of drug-likeness (QED) is 0.813. The van der Waals surface area contributed by atoms with Gasteiger partial charge in [-0.25, -0.2) is 13.6 Å². The van der Waals surface area contributed by atoms with Gasteiger partial charge in [-0.2, -0.15) is 0 Å². The lowest BCUT2D eigenvalue weighted by Gasteiger charge is -2.34. The second-order valence-electron chi connectivity index (χ2n) is 4.54. The van der Waals surface area contributed by atoms with E-state index in [1.54, 1.807) is 13.2 Å². The molecule has 1 aromatic heterocycles. The van der Waals surface area contributed by atoms with Gasteiger partial charge in [0.1, 0.15) is 4.21 Å². The van der Waals surface area contributed by atoms with Crippen molar-refractivity contribution in [2.24, 2.45) is 5.14 Å². The number of thiophene rings is 1. The molecule has 1 aliphatic carbocycles. The van der Waals surface area contributed by atoms with Crippen molar-refractivity contribution in [2.75, 3.05) is 7.11 Å². The summed E-state index contributed by atoms with van der Waals surface area (Å²) in [4.78, 5) is 12.4. The van der Waals surface area contributed by atoms with Crippen molar-refractivity contribution in [1.29, 1.82) is 0 Å². The number of primary sulfonamides is 1. The third-order valence-corrected chi connectivity index (χ3v) is 5.57. The molecule has 19 heavy (non-hydrogen) atoms. The van der Waals surface area contributed by atoms with Crippen LogP contribution in [0.4, 0.5) is 0 Å². The zero-order chi connectivity index (χ0) is 14.0. The molecule has 1 aromatic rings. The van der Waals surface area contributed by atoms with Gasteiger partial charge in [0.15, 0.2) is 0 Å². The lowest BCUT2D eigenvalue weighted by molar-refractivity contribution is -0.122. The zero-order valence-electron chi connectivity index (χ0n) is 10.5. The highest BCUT2D eigenvalue weighted by Gasteiger charge is 2.30. The van der Waals surface area contributed by atoms with Crippen LogP contribution in [0.15, 0.2) is 16.3 Å². The number of hydrogen-bond acceptors (Lipinski definition) is 5. The minimum Gasteiger partial charge on any atom is -0.381 e. The number of sulfonamides is 1. The smallest absolute Gasteiger partial charge is 0.247 e. The van der Waals surface area contributed by atoms with Crippen LogP contribution in [0.2, 0.25) is 0 Å². The standard InChI is InChI=1S/C11H16N2O4S2/c1-17-8-4-7(5-8)13-10(14)6-9-2-3-11(18-9)19(12,15)16/h2-3,7-8H,4-6H2,1H3,(H,13,14)(H2,12,15,16). The van der Waals surface area contributed by atoms with E-state index in [0.717, 1.165) is 24.2 Å². The Kier molecular flexibility index (Phi) is 4.24. The van der Waals surface area contributed by atoms with Crippen molar-refractivity contribution in [3.63, 3.8) is 0 Å². The first kappa shape index (κ1) is 14.4. The predicted molar refractivity (Wildman–Crippen MR) is 71.4 cm³/mol. The van der Waals surface area contributed by atoms with Gasteiger partial charge in [0.05, 0.1) is 12.5 Å². The van der Waals surface area contributed by atoms with Gasteiger partial charge in [-0.05, 0) is 25.0 Å². The Morgan fingerprint density at radius 1 is 1.53 bits per heavy atom. The molecule has 2 rings (SSSR count). The number of nitrogens with one attached hydrogen (secondary N) is 1. The van der Waals surface area contributed by atoms with E-state index >= 15 is 0 Å². The van der Waals surface area contributed by atoms with Crippen LogP contribution in [0.1, 0.15) is 17.7 Å². The third kappa shape index (κ3) is 3.75. The van der Waals surface area contributed by atoms with Gasteiger partial charge in [0, 0.05) is 18.0 Å². The Hall–Kier alpha value is -0.960. The second kappa shape index (κ2) is 5.58. The molecule has 1 amide bonds. The molecular formula is C11H16N2O4S2. The van der Waals surface area contributed by atoms with Gasteiger partial charge >= 0.3 is 0 Å². The van der Waals surface area contributed by atoms with Crippen LogP contribution >= 0.6 is 11.3 Å². The molecule has 0 spiro atoms. The summed E-state index contributed by atoms with van der Waals surface area (Å²) in [6, 6.07) is 3.20. The molecule has 106 valence electrons. The van der Waals surface area contributed by atoms with Crippen molar-refractivity contribution in [3.8, 4) is 0 Å². The Morgan fingerprint density at radius 2 is 2.21 bits per heavy atom. The van der Waals surface area contributed by atoms with Crippen LogP contribution in [0.3, 0.4) is 0 Å². The molecule has 1 saturated carbocycles. The highest BCUT2D eigenvalue weighted by Crippen LogP contribution is 2.23. The molecular weight excluding hydrogens is 288 g/mol. The van der Waals surface area contributed by atoms with Crippen LogP contribution in [0.25, 0.3) is 0 Å². The molecule has 0 saturated heterocycles. The van der Waals surface area contributed by atoms with Gasteiger partial charge in [0.25, 0.3) is 0 Å². The summed E-state index contributed by atoms with van der Waals surface area (Å²) in [5, 5.41) is 7.90. The van der Waals surface area contributed by atoms with Crippen LogP contribution in [0.5, 0.6) is 0 Å². The van der Waals surface area contributed by atoms with E-state index in [4.69, 9.17) is 9.88 Å². The minimum atomic E-state index is -3.67. The highest BCUT2D eigenvalue weighted by atomic mass is 32.2. The number of methoxy groups -OCH3 is 1. The van der Waals surface area contributed by atoms with Crippen LogP contribution < -0.4 is 10.5 Å². The molecule has 6 nitrogen and oxygen atoms in total. The molecule has 3 N–H and O–H groups in total. The summed E-state index contributed by atoms with van der Waals surface area (Å²) < 4.78 is 27.4. The molecule has 1 heterocycles. The summed E-state index contributed by atoms with van der Waals surface area (Å²) in [6.45, 7) is 0. The van der Waals surface area contributed by atoms with Crippen molar-refractivity contribution in [2.45, 2.75) is 35.6 Å². The molecule has 0 aromatic carbocycles. The van der Waals surface area contributed by atoms with Crippen molar-refractivity contribution in [3.05, 3.63) is 17.0 Å². The third-order valence-electron chi connectivity index (χ3n) is 3.05. The van der Waals surface area contributed by atoms with Gasteiger partial charge < -0.3 is 10.1 Å². The lowest BCUT2D eigenvalue weighted by atomic mass is 9.89. The SMILES string of the molecule is COC1CC(NC(=O)Cc2ccc(S(N)(=O)=O)s2)C1.